The number of rotatable bonds is 16. The largest absolute Gasteiger partial charge is 0.493 e. The van der Waals surface area contributed by atoms with E-state index in [1.807, 2.05) is 12.1 Å². The Bertz CT molecular complexity index is 1520. The lowest BCUT2D eigenvalue weighted by atomic mass is 9.43. The molecule has 50 heavy (non-hydrogen) atoms. The fourth-order valence-electron chi connectivity index (χ4n) is 8.21. The molecule has 10 nitrogen and oxygen atoms in total. The first-order valence-corrected chi connectivity index (χ1v) is 18.3. The standard InChI is InChI=1S/C39H56BN3O7/c1-9-10-11-25-12-15-27(16-13-25)36(45)42-29(23-41-35(44)20-26-14-17-30(47-7)31(19-26)48-8)37(46)43-34(18-24(2)3)40-49-33-22-28-21-32(38(28,4)5)39(33,6)50-40/h12-17,19,24,28-29,32-34H,9-11,18,20-23H2,1-8H3,(H,41,44)(H,42,45)(H,43,46)/t28-,29-,32-,33+,34?,39-/m0/s1. The van der Waals surface area contributed by atoms with Crippen LogP contribution in [-0.4, -0.2) is 69.3 Å². The van der Waals surface area contributed by atoms with Crippen LogP contribution in [0.5, 0.6) is 11.5 Å². The van der Waals surface area contributed by atoms with Gasteiger partial charge in [0.25, 0.3) is 5.91 Å². The fraction of sp³-hybridized carbons (Fsp3) is 0.615. The summed E-state index contributed by atoms with van der Waals surface area (Å²) in [4.78, 5) is 40.8. The van der Waals surface area contributed by atoms with Gasteiger partial charge < -0.3 is 34.7 Å². The molecule has 2 aromatic carbocycles. The molecule has 3 saturated carbocycles. The second kappa shape index (κ2) is 15.8. The summed E-state index contributed by atoms with van der Waals surface area (Å²) in [5, 5.41) is 8.94. The van der Waals surface area contributed by atoms with Crippen LogP contribution < -0.4 is 25.4 Å². The fourth-order valence-corrected chi connectivity index (χ4v) is 8.21. The number of ether oxygens (including phenoxy) is 2. The Hall–Kier alpha value is -3.57. The molecule has 2 bridgehead atoms. The van der Waals surface area contributed by atoms with E-state index in [-0.39, 0.29) is 36.3 Å². The molecule has 0 spiro atoms. The van der Waals surface area contributed by atoms with Crippen molar-refractivity contribution in [3.8, 4) is 11.5 Å². The molecule has 2 aromatic rings. The van der Waals surface area contributed by atoms with E-state index in [1.54, 1.807) is 37.4 Å². The van der Waals surface area contributed by atoms with Crippen molar-refractivity contribution in [2.75, 3.05) is 20.8 Å². The van der Waals surface area contributed by atoms with Crippen LogP contribution in [0.15, 0.2) is 42.5 Å². The summed E-state index contributed by atoms with van der Waals surface area (Å²) in [6, 6.07) is 11.7. The molecular formula is C39H56BN3O7. The van der Waals surface area contributed by atoms with Crippen LogP contribution in [0.25, 0.3) is 0 Å². The number of hydrogen-bond donors (Lipinski definition) is 3. The Balaban J connectivity index is 1.30. The van der Waals surface area contributed by atoms with Crippen molar-refractivity contribution in [3.63, 3.8) is 0 Å². The number of nitrogens with one attached hydrogen (secondary N) is 3. The van der Waals surface area contributed by atoms with Crippen molar-refractivity contribution in [2.24, 2.45) is 23.2 Å². The minimum Gasteiger partial charge on any atom is -0.493 e. The maximum absolute atomic E-state index is 14.1. The summed E-state index contributed by atoms with van der Waals surface area (Å²) in [7, 11) is 2.48. The van der Waals surface area contributed by atoms with Gasteiger partial charge >= 0.3 is 7.12 Å². The van der Waals surface area contributed by atoms with E-state index in [1.165, 1.54) is 7.11 Å². The summed E-state index contributed by atoms with van der Waals surface area (Å²) in [5.41, 5.74) is 2.09. The number of unbranched alkanes of at least 4 members (excludes halogenated alkanes) is 1. The molecule has 3 N–H and O–H groups in total. The summed E-state index contributed by atoms with van der Waals surface area (Å²) in [6.45, 7) is 13.1. The number of amides is 3. The molecule has 6 atom stereocenters. The van der Waals surface area contributed by atoms with Crippen molar-refractivity contribution in [2.45, 2.75) is 110 Å². The molecule has 3 amide bonds. The Morgan fingerprint density at radius 3 is 2.30 bits per heavy atom. The summed E-state index contributed by atoms with van der Waals surface area (Å²) in [6.07, 6.45) is 5.84. The lowest BCUT2D eigenvalue weighted by molar-refractivity contribution is -0.199. The first-order valence-electron chi connectivity index (χ1n) is 18.3. The van der Waals surface area contributed by atoms with Gasteiger partial charge in [0.2, 0.25) is 11.8 Å². The van der Waals surface area contributed by atoms with Gasteiger partial charge in [0.1, 0.15) is 6.04 Å². The van der Waals surface area contributed by atoms with E-state index in [9.17, 15) is 14.4 Å². The van der Waals surface area contributed by atoms with Crippen LogP contribution in [0.2, 0.25) is 0 Å². The van der Waals surface area contributed by atoms with Crippen LogP contribution in [0.4, 0.5) is 0 Å². The first-order chi connectivity index (χ1) is 23.8. The monoisotopic (exact) mass is 689 g/mol. The molecule has 272 valence electrons. The Kier molecular flexibility index (Phi) is 11.9. The maximum atomic E-state index is 14.1. The minimum atomic E-state index is -1.04. The highest BCUT2D eigenvalue weighted by atomic mass is 16.7. The zero-order valence-corrected chi connectivity index (χ0v) is 31.1. The third kappa shape index (κ3) is 8.15. The van der Waals surface area contributed by atoms with Crippen LogP contribution in [0, 0.1) is 23.2 Å². The number of carbonyl (C=O) groups excluding carboxylic acids is 3. The minimum absolute atomic E-state index is 0.0255. The van der Waals surface area contributed by atoms with Gasteiger partial charge in [-0.3, -0.25) is 14.4 Å². The Morgan fingerprint density at radius 1 is 0.960 bits per heavy atom. The highest BCUT2D eigenvalue weighted by Gasteiger charge is 2.68. The first kappa shape index (κ1) is 37.7. The smallest absolute Gasteiger partial charge is 0.481 e. The maximum Gasteiger partial charge on any atom is 0.481 e. The second-order valence-corrected chi connectivity index (χ2v) is 15.6. The van der Waals surface area contributed by atoms with E-state index < -0.39 is 36.5 Å². The van der Waals surface area contributed by atoms with E-state index in [0.29, 0.717) is 35.3 Å². The normalized spacial score (nSPS) is 24.4. The summed E-state index contributed by atoms with van der Waals surface area (Å²) >= 11 is 0. The van der Waals surface area contributed by atoms with E-state index in [2.05, 4.69) is 57.5 Å². The Labute approximate surface area is 298 Å². The highest BCUT2D eigenvalue weighted by Crippen LogP contribution is 2.65. The molecule has 1 saturated heterocycles. The van der Waals surface area contributed by atoms with Crippen LogP contribution in [0.1, 0.15) is 95.1 Å². The zero-order valence-electron chi connectivity index (χ0n) is 31.1. The number of hydrogen-bond acceptors (Lipinski definition) is 7. The molecule has 4 fully saturated rings. The van der Waals surface area contributed by atoms with Gasteiger partial charge in [-0.15, -0.1) is 0 Å². The predicted molar refractivity (Wildman–Crippen MR) is 194 cm³/mol. The summed E-state index contributed by atoms with van der Waals surface area (Å²) < 4.78 is 24.0. The van der Waals surface area contributed by atoms with Gasteiger partial charge in [0.15, 0.2) is 11.5 Å². The lowest BCUT2D eigenvalue weighted by Crippen LogP contribution is -2.65. The van der Waals surface area contributed by atoms with Gasteiger partial charge in [0, 0.05) is 12.1 Å². The van der Waals surface area contributed by atoms with Gasteiger partial charge in [-0.25, -0.2) is 0 Å². The molecule has 1 aliphatic heterocycles. The van der Waals surface area contributed by atoms with E-state index >= 15 is 0 Å². The zero-order chi connectivity index (χ0) is 36.2. The second-order valence-electron chi connectivity index (χ2n) is 15.6. The van der Waals surface area contributed by atoms with Crippen LogP contribution in [0.3, 0.4) is 0 Å². The van der Waals surface area contributed by atoms with E-state index in [4.69, 9.17) is 18.8 Å². The van der Waals surface area contributed by atoms with E-state index in [0.717, 1.165) is 43.2 Å². The highest BCUT2D eigenvalue weighted by molar-refractivity contribution is 6.48. The lowest BCUT2D eigenvalue weighted by Gasteiger charge is -2.64. The molecule has 0 radical (unpaired) electrons. The molecule has 4 aliphatic rings. The Morgan fingerprint density at radius 2 is 1.66 bits per heavy atom. The number of benzene rings is 2. The molecule has 11 heteroatoms. The average Bonchev–Trinajstić information content (AvgIpc) is 3.46. The van der Waals surface area contributed by atoms with Crippen molar-refractivity contribution >= 4 is 24.8 Å². The molecule has 1 heterocycles. The molecule has 3 aliphatic carbocycles. The van der Waals surface area contributed by atoms with Gasteiger partial charge in [0.05, 0.1) is 38.3 Å². The molecule has 6 rings (SSSR count). The average molecular weight is 690 g/mol. The topological polar surface area (TPSA) is 124 Å². The van der Waals surface area contributed by atoms with Crippen molar-refractivity contribution < 1.29 is 33.2 Å². The molecular weight excluding hydrogens is 633 g/mol. The third-order valence-corrected chi connectivity index (χ3v) is 11.3. The number of aryl methyl sites for hydroxylation is 1. The van der Waals surface area contributed by atoms with Gasteiger partial charge in [-0.05, 0) is 97.6 Å². The van der Waals surface area contributed by atoms with Gasteiger partial charge in [-0.2, -0.15) is 0 Å². The van der Waals surface area contributed by atoms with Crippen LogP contribution >= 0.6 is 0 Å². The van der Waals surface area contributed by atoms with Crippen molar-refractivity contribution in [1.29, 1.82) is 0 Å². The predicted octanol–water partition coefficient (Wildman–Crippen LogP) is 5.30. The van der Waals surface area contributed by atoms with Crippen molar-refractivity contribution in [3.05, 3.63) is 59.2 Å². The molecule has 1 unspecified atom stereocenters. The molecule has 0 aromatic heterocycles. The van der Waals surface area contributed by atoms with Crippen molar-refractivity contribution in [1.82, 2.24) is 16.0 Å². The van der Waals surface area contributed by atoms with Crippen LogP contribution in [-0.2, 0) is 31.7 Å². The third-order valence-electron chi connectivity index (χ3n) is 11.3. The SMILES string of the molecule is CCCCc1ccc(C(=O)N[C@@H](CNC(=O)Cc2ccc(OC)c(OC)c2)C(=O)NC(CC(C)C)B2O[C@@H]3C[C@@H]4C[C@@H](C4(C)C)[C@]3(C)O2)cc1. The quantitative estimate of drug-likeness (QED) is 0.205. The number of carbonyl (C=O) groups is 3. The summed E-state index contributed by atoms with van der Waals surface area (Å²) in [5.74, 6) is 0.777. The van der Waals surface area contributed by atoms with Gasteiger partial charge in [-0.1, -0.05) is 59.2 Å². The number of methoxy groups -OCH3 is 2.